The van der Waals surface area contributed by atoms with Gasteiger partial charge in [0.2, 0.25) is 0 Å². The molecule has 0 bridgehead atoms. The molecular formula is C17H21N3O3S. The van der Waals surface area contributed by atoms with E-state index in [-0.39, 0.29) is 0 Å². The highest BCUT2D eigenvalue weighted by Crippen LogP contribution is 2.36. The van der Waals surface area contributed by atoms with Gasteiger partial charge in [-0.15, -0.1) is 0 Å². The molecule has 7 heteroatoms. The number of sulfone groups is 1. The van der Waals surface area contributed by atoms with Gasteiger partial charge in [0.1, 0.15) is 12.1 Å². The Morgan fingerprint density at radius 1 is 1.25 bits per heavy atom. The zero-order valence-electron chi connectivity index (χ0n) is 13.7. The fourth-order valence-corrected chi connectivity index (χ4v) is 3.93. The second kappa shape index (κ2) is 5.97. The number of aromatic nitrogens is 2. The average molecular weight is 347 g/mol. The smallest absolute Gasteiger partial charge is 0.175 e. The van der Waals surface area contributed by atoms with Crippen LogP contribution in [0.5, 0.6) is 0 Å². The standard InChI is InChI=1S/C17H21N3O3S/c1-24(21,22)14-4-5-16-15(8-14)17(19-11-18-16)20(13-2-3-13)9-12-6-7-23-10-12/h4-5,8,11-13H,2-3,6-7,9-10H2,1H3. The Kier molecular flexibility index (Phi) is 3.92. The van der Waals surface area contributed by atoms with Crippen LogP contribution in [0.25, 0.3) is 10.9 Å². The summed E-state index contributed by atoms with van der Waals surface area (Å²) in [5.41, 5.74) is 0.778. The Morgan fingerprint density at radius 3 is 2.75 bits per heavy atom. The first-order valence-corrected chi connectivity index (χ1v) is 10.2. The molecule has 0 N–H and O–H groups in total. The minimum Gasteiger partial charge on any atom is -0.381 e. The van der Waals surface area contributed by atoms with Gasteiger partial charge < -0.3 is 9.64 Å². The van der Waals surface area contributed by atoms with Crippen LogP contribution in [0.1, 0.15) is 19.3 Å². The molecule has 24 heavy (non-hydrogen) atoms. The lowest BCUT2D eigenvalue weighted by Gasteiger charge is -2.27. The van der Waals surface area contributed by atoms with Crippen LogP contribution in [0.15, 0.2) is 29.4 Å². The van der Waals surface area contributed by atoms with E-state index < -0.39 is 9.84 Å². The van der Waals surface area contributed by atoms with Gasteiger partial charge in [0.05, 0.1) is 17.0 Å². The van der Waals surface area contributed by atoms with Crippen LogP contribution in [0.3, 0.4) is 0 Å². The van der Waals surface area contributed by atoms with Gasteiger partial charge >= 0.3 is 0 Å². The molecule has 2 aliphatic rings. The zero-order valence-corrected chi connectivity index (χ0v) is 14.5. The number of fused-ring (bicyclic) bond motifs is 1. The molecule has 4 rings (SSSR count). The Balaban J connectivity index is 1.78. The van der Waals surface area contributed by atoms with E-state index in [0.717, 1.165) is 55.7 Å². The third kappa shape index (κ3) is 3.10. The number of ether oxygens (including phenoxy) is 1. The number of anilines is 1. The van der Waals surface area contributed by atoms with Crippen molar-refractivity contribution in [3.63, 3.8) is 0 Å². The van der Waals surface area contributed by atoms with Crippen molar-refractivity contribution in [1.29, 1.82) is 0 Å². The summed E-state index contributed by atoms with van der Waals surface area (Å²) in [6.45, 7) is 2.52. The van der Waals surface area contributed by atoms with Crippen molar-refractivity contribution < 1.29 is 13.2 Å². The summed E-state index contributed by atoms with van der Waals surface area (Å²) in [7, 11) is -3.26. The molecule has 1 unspecified atom stereocenters. The summed E-state index contributed by atoms with van der Waals surface area (Å²) >= 11 is 0. The molecule has 1 atom stereocenters. The Labute approximate surface area is 141 Å². The maximum atomic E-state index is 11.9. The molecule has 2 fully saturated rings. The first-order chi connectivity index (χ1) is 11.5. The predicted octanol–water partition coefficient (Wildman–Crippen LogP) is 2.04. The molecular weight excluding hydrogens is 326 g/mol. The highest BCUT2D eigenvalue weighted by molar-refractivity contribution is 7.90. The molecule has 0 spiro atoms. The van der Waals surface area contributed by atoms with E-state index >= 15 is 0 Å². The molecule has 1 aromatic heterocycles. The van der Waals surface area contributed by atoms with Crippen molar-refractivity contribution in [2.75, 3.05) is 30.9 Å². The topological polar surface area (TPSA) is 72.4 Å². The molecule has 1 aromatic carbocycles. The number of hydrogen-bond acceptors (Lipinski definition) is 6. The summed E-state index contributed by atoms with van der Waals surface area (Å²) in [4.78, 5) is 11.5. The van der Waals surface area contributed by atoms with E-state index in [0.29, 0.717) is 16.9 Å². The van der Waals surface area contributed by atoms with Crippen molar-refractivity contribution in [3.05, 3.63) is 24.5 Å². The van der Waals surface area contributed by atoms with Crippen LogP contribution < -0.4 is 4.90 Å². The second-order valence-corrected chi connectivity index (χ2v) is 8.78. The van der Waals surface area contributed by atoms with Crippen LogP contribution in [0.2, 0.25) is 0 Å². The molecule has 2 heterocycles. The zero-order chi connectivity index (χ0) is 16.7. The van der Waals surface area contributed by atoms with Crippen molar-refractivity contribution in [1.82, 2.24) is 9.97 Å². The number of hydrogen-bond donors (Lipinski definition) is 0. The van der Waals surface area contributed by atoms with Gasteiger partial charge in [-0.2, -0.15) is 0 Å². The van der Waals surface area contributed by atoms with Gasteiger partial charge in [-0.05, 0) is 37.5 Å². The largest absolute Gasteiger partial charge is 0.381 e. The third-order valence-electron chi connectivity index (χ3n) is 4.75. The van der Waals surface area contributed by atoms with E-state index in [9.17, 15) is 8.42 Å². The summed E-state index contributed by atoms with van der Waals surface area (Å²) in [6.07, 6.45) is 6.18. The minimum atomic E-state index is -3.26. The highest BCUT2D eigenvalue weighted by Gasteiger charge is 2.33. The Bertz CT molecular complexity index is 859. The number of benzene rings is 1. The molecule has 128 valence electrons. The van der Waals surface area contributed by atoms with Crippen molar-refractivity contribution in [2.24, 2.45) is 5.92 Å². The molecule has 2 aromatic rings. The lowest BCUT2D eigenvalue weighted by Crippen LogP contribution is -2.32. The minimum absolute atomic E-state index is 0.311. The lowest BCUT2D eigenvalue weighted by atomic mass is 10.1. The Morgan fingerprint density at radius 2 is 2.08 bits per heavy atom. The maximum Gasteiger partial charge on any atom is 0.175 e. The molecule has 1 saturated carbocycles. The summed E-state index contributed by atoms with van der Waals surface area (Å²) in [6, 6.07) is 5.58. The average Bonchev–Trinajstić information content (AvgIpc) is 3.27. The van der Waals surface area contributed by atoms with Crippen molar-refractivity contribution in [3.8, 4) is 0 Å². The van der Waals surface area contributed by atoms with Crippen LogP contribution in [0.4, 0.5) is 5.82 Å². The summed E-state index contributed by atoms with van der Waals surface area (Å²) in [5, 5.41) is 0.811. The van der Waals surface area contributed by atoms with Gasteiger partial charge in [-0.25, -0.2) is 18.4 Å². The van der Waals surface area contributed by atoms with Gasteiger partial charge in [0, 0.05) is 36.8 Å². The van der Waals surface area contributed by atoms with Gasteiger partial charge in [-0.1, -0.05) is 0 Å². The van der Waals surface area contributed by atoms with Crippen LogP contribution in [-0.4, -0.2) is 50.4 Å². The molecule has 1 aliphatic heterocycles. The van der Waals surface area contributed by atoms with E-state index in [1.165, 1.54) is 6.26 Å². The molecule has 1 aliphatic carbocycles. The number of nitrogens with zero attached hydrogens (tertiary/aromatic N) is 3. The first kappa shape index (κ1) is 15.8. The molecule has 1 saturated heterocycles. The van der Waals surface area contributed by atoms with Gasteiger partial charge in [0.15, 0.2) is 9.84 Å². The summed E-state index contributed by atoms with van der Waals surface area (Å²) in [5.74, 6) is 1.36. The third-order valence-corrected chi connectivity index (χ3v) is 5.86. The molecule has 0 radical (unpaired) electrons. The number of rotatable bonds is 5. The highest BCUT2D eigenvalue weighted by atomic mass is 32.2. The van der Waals surface area contributed by atoms with Crippen molar-refractivity contribution in [2.45, 2.75) is 30.2 Å². The molecule has 0 amide bonds. The van der Waals surface area contributed by atoms with Crippen LogP contribution >= 0.6 is 0 Å². The van der Waals surface area contributed by atoms with E-state index in [1.54, 1.807) is 24.5 Å². The van der Waals surface area contributed by atoms with Crippen LogP contribution in [0, 0.1) is 5.92 Å². The van der Waals surface area contributed by atoms with E-state index in [1.807, 2.05) is 0 Å². The van der Waals surface area contributed by atoms with E-state index in [2.05, 4.69) is 14.9 Å². The Hall–Kier alpha value is -1.73. The van der Waals surface area contributed by atoms with Gasteiger partial charge in [0.25, 0.3) is 0 Å². The van der Waals surface area contributed by atoms with Crippen molar-refractivity contribution >= 4 is 26.6 Å². The van der Waals surface area contributed by atoms with Crippen LogP contribution in [-0.2, 0) is 14.6 Å². The molecule has 6 nitrogen and oxygen atoms in total. The fourth-order valence-electron chi connectivity index (χ4n) is 3.28. The normalized spacial score (nSPS) is 21.3. The second-order valence-electron chi connectivity index (χ2n) is 6.76. The lowest BCUT2D eigenvalue weighted by molar-refractivity contribution is 0.186. The van der Waals surface area contributed by atoms with Gasteiger partial charge in [-0.3, -0.25) is 0 Å². The predicted molar refractivity (Wildman–Crippen MR) is 91.9 cm³/mol. The SMILES string of the molecule is CS(=O)(=O)c1ccc2ncnc(N(CC3CCOC3)C3CC3)c2c1. The quantitative estimate of drug-likeness (QED) is 0.824. The summed E-state index contributed by atoms with van der Waals surface area (Å²) < 4.78 is 29.3. The first-order valence-electron chi connectivity index (χ1n) is 8.31. The maximum absolute atomic E-state index is 11.9. The van der Waals surface area contributed by atoms with E-state index in [4.69, 9.17) is 4.74 Å². The monoisotopic (exact) mass is 347 g/mol. The fraction of sp³-hybridized carbons (Fsp3) is 0.529.